The zero-order chi connectivity index (χ0) is 12.1. The predicted octanol–water partition coefficient (Wildman–Crippen LogP) is 2.41. The van der Waals surface area contributed by atoms with Crippen LogP contribution in [0.5, 0.6) is 0 Å². The van der Waals surface area contributed by atoms with Crippen LogP contribution in [0.4, 0.5) is 0 Å². The average Bonchev–Trinajstić information content (AvgIpc) is 2.97. The minimum atomic E-state index is 0.548. The summed E-state index contributed by atoms with van der Waals surface area (Å²) in [6, 6.07) is 2.76. The van der Waals surface area contributed by atoms with Crippen molar-refractivity contribution in [3.8, 4) is 0 Å². The van der Waals surface area contributed by atoms with Crippen molar-refractivity contribution in [1.29, 1.82) is 0 Å². The maximum Gasteiger partial charge on any atom is 0.0509 e. The highest BCUT2D eigenvalue weighted by molar-refractivity contribution is 5.10. The normalized spacial score (nSPS) is 21.9. The smallest absolute Gasteiger partial charge is 0.0509 e. The lowest BCUT2D eigenvalue weighted by Gasteiger charge is -2.18. The number of hydrogen-bond acceptors (Lipinski definition) is 2. The van der Waals surface area contributed by atoms with E-state index in [1.165, 1.54) is 18.4 Å². The van der Waals surface area contributed by atoms with Crippen LogP contribution in [0.3, 0.4) is 0 Å². The Balaban J connectivity index is 1.76. The van der Waals surface area contributed by atoms with Gasteiger partial charge >= 0.3 is 0 Å². The van der Waals surface area contributed by atoms with Crippen molar-refractivity contribution in [1.82, 2.24) is 9.88 Å². The van der Waals surface area contributed by atoms with Gasteiger partial charge in [0.1, 0.15) is 0 Å². The molecule has 1 saturated heterocycles. The molecule has 1 aliphatic heterocycles. The first kappa shape index (κ1) is 12.7. The lowest BCUT2D eigenvalue weighted by Crippen LogP contribution is -2.33. The molecule has 1 aromatic heterocycles. The third kappa shape index (κ3) is 3.58. The molecule has 17 heavy (non-hydrogen) atoms. The second-order valence-corrected chi connectivity index (χ2v) is 5.05. The van der Waals surface area contributed by atoms with Crippen molar-refractivity contribution in [3.63, 3.8) is 0 Å². The number of ether oxygens (including phenoxy) is 1. The van der Waals surface area contributed by atoms with Crippen molar-refractivity contribution in [2.75, 3.05) is 13.2 Å². The van der Waals surface area contributed by atoms with Gasteiger partial charge in [-0.3, -0.25) is 0 Å². The Bertz CT molecular complexity index is 329. The Morgan fingerprint density at radius 2 is 2.47 bits per heavy atom. The van der Waals surface area contributed by atoms with Crippen molar-refractivity contribution in [3.05, 3.63) is 24.0 Å². The van der Waals surface area contributed by atoms with Crippen molar-refractivity contribution in [2.45, 2.75) is 45.8 Å². The minimum Gasteiger partial charge on any atom is -0.381 e. The lowest BCUT2D eigenvalue weighted by atomic mass is 10.0. The highest BCUT2D eigenvalue weighted by atomic mass is 16.5. The quantitative estimate of drug-likeness (QED) is 0.821. The molecule has 0 aromatic carbocycles. The molecule has 2 unspecified atom stereocenters. The zero-order valence-electron chi connectivity index (χ0n) is 11.0. The van der Waals surface area contributed by atoms with Crippen LogP contribution in [0.1, 0.15) is 32.3 Å². The van der Waals surface area contributed by atoms with E-state index >= 15 is 0 Å². The van der Waals surface area contributed by atoms with E-state index in [4.69, 9.17) is 4.74 Å². The number of aryl methyl sites for hydroxylation is 1. The maximum absolute atomic E-state index is 5.42. The number of rotatable bonds is 6. The molecule has 3 nitrogen and oxygen atoms in total. The second kappa shape index (κ2) is 6.22. The van der Waals surface area contributed by atoms with Gasteiger partial charge in [0.15, 0.2) is 0 Å². The summed E-state index contributed by atoms with van der Waals surface area (Å²) in [5.74, 6) is 0.688. The number of nitrogens with zero attached hydrogens (tertiary/aromatic N) is 1. The van der Waals surface area contributed by atoms with Gasteiger partial charge in [-0.1, -0.05) is 6.92 Å². The lowest BCUT2D eigenvalue weighted by molar-refractivity contribution is 0.178. The molecule has 0 saturated carbocycles. The molecule has 0 radical (unpaired) electrons. The van der Waals surface area contributed by atoms with Gasteiger partial charge in [0.25, 0.3) is 0 Å². The summed E-state index contributed by atoms with van der Waals surface area (Å²) >= 11 is 0. The van der Waals surface area contributed by atoms with Crippen LogP contribution in [-0.4, -0.2) is 23.8 Å². The molecule has 2 rings (SSSR count). The Hall–Kier alpha value is -0.800. The molecular formula is C14H24N2O. The number of nitrogens with one attached hydrogen (secondary N) is 1. The summed E-state index contributed by atoms with van der Waals surface area (Å²) < 4.78 is 7.69. The van der Waals surface area contributed by atoms with Gasteiger partial charge in [0.2, 0.25) is 0 Å². The van der Waals surface area contributed by atoms with Gasteiger partial charge in [-0.25, -0.2) is 0 Å². The molecule has 0 amide bonds. The highest BCUT2D eigenvalue weighted by Crippen LogP contribution is 2.16. The van der Waals surface area contributed by atoms with Crippen LogP contribution in [0.15, 0.2) is 18.5 Å². The molecule has 0 bridgehead atoms. The molecule has 0 aliphatic carbocycles. The first-order chi connectivity index (χ1) is 8.29. The van der Waals surface area contributed by atoms with Gasteiger partial charge in [0, 0.05) is 38.1 Å². The fourth-order valence-corrected chi connectivity index (χ4v) is 2.38. The van der Waals surface area contributed by atoms with E-state index in [2.05, 4.69) is 42.2 Å². The minimum absolute atomic E-state index is 0.548. The van der Waals surface area contributed by atoms with Crippen LogP contribution in [0.2, 0.25) is 0 Å². The van der Waals surface area contributed by atoms with E-state index in [1.54, 1.807) is 0 Å². The second-order valence-electron chi connectivity index (χ2n) is 5.05. The summed E-state index contributed by atoms with van der Waals surface area (Å²) in [5, 5.41) is 3.60. The molecule has 2 atom stereocenters. The topological polar surface area (TPSA) is 26.2 Å². The van der Waals surface area contributed by atoms with Crippen LogP contribution in [0, 0.1) is 5.92 Å². The van der Waals surface area contributed by atoms with Crippen molar-refractivity contribution in [2.24, 2.45) is 5.92 Å². The van der Waals surface area contributed by atoms with E-state index in [0.29, 0.717) is 12.0 Å². The first-order valence-electron chi connectivity index (χ1n) is 6.75. The van der Waals surface area contributed by atoms with Crippen LogP contribution in [0.25, 0.3) is 0 Å². The zero-order valence-corrected chi connectivity index (χ0v) is 11.0. The molecule has 0 spiro atoms. The summed E-state index contributed by atoms with van der Waals surface area (Å²) in [4.78, 5) is 0. The summed E-state index contributed by atoms with van der Waals surface area (Å²) in [6.45, 7) is 8.41. The maximum atomic E-state index is 5.42. The molecule has 3 heteroatoms. The standard InChI is InChI=1S/C14H24N2O/c1-3-6-16-7-4-13(10-16)9-15-12(2)14-5-8-17-11-14/h4,7,10,12,14-15H,3,5-6,8-9,11H2,1-2H3. The van der Waals surface area contributed by atoms with E-state index in [-0.39, 0.29) is 0 Å². The monoisotopic (exact) mass is 236 g/mol. The van der Waals surface area contributed by atoms with Crippen LogP contribution in [-0.2, 0) is 17.8 Å². The Morgan fingerprint density at radius 1 is 1.59 bits per heavy atom. The highest BCUT2D eigenvalue weighted by Gasteiger charge is 2.21. The molecule has 1 fully saturated rings. The van der Waals surface area contributed by atoms with Gasteiger partial charge in [-0.2, -0.15) is 0 Å². The van der Waals surface area contributed by atoms with Gasteiger partial charge in [-0.05, 0) is 37.3 Å². The molecule has 96 valence electrons. The fourth-order valence-electron chi connectivity index (χ4n) is 2.38. The molecule has 1 aromatic rings. The predicted molar refractivity (Wildman–Crippen MR) is 70.0 cm³/mol. The average molecular weight is 236 g/mol. The largest absolute Gasteiger partial charge is 0.381 e. The summed E-state index contributed by atoms with van der Waals surface area (Å²) in [5.41, 5.74) is 1.38. The molecule has 1 N–H and O–H groups in total. The van der Waals surface area contributed by atoms with E-state index in [1.807, 2.05) is 0 Å². The number of aromatic nitrogens is 1. The molecule has 1 aliphatic rings. The van der Waals surface area contributed by atoms with Crippen molar-refractivity contribution >= 4 is 0 Å². The Morgan fingerprint density at radius 3 is 3.18 bits per heavy atom. The van der Waals surface area contributed by atoms with E-state index < -0.39 is 0 Å². The third-order valence-corrected chi connectivity index (χ3v) is 3.59. The Kier molecular flexibility index (Phi) is 4.63. The molecular weight excluding hydrogens is 212 g/mol. The van der Waals surface area contributed by atoms with E-state index in [9.17, 15) is 0 Å². The van der Waals surface area contributed by atoms with Crippen LogP contribution < -0.4 is 5.32 Å². The summed E-state index contributed by atoms with van der Waals surface area (Å²) in [6.07, 6.45) is 6.81. The summed E-state index contributed by atoms with van der Waals surface area (Å²) in [7, 11) is 0. The first-order valence-corrected chi connectivity index (χ1v) is 6.75. The van der Waals surface area contributed by atoms with Gasteiger partial charge in [-0.15, -0.1) is 0 Å². The van der Waals surface area contributed by atoms with Gasteiger partial charge in [0.05, 0.1) is 6.61 Å². The van der Waals surface area contributed by atoms with Crippen LogP contribution >= 0.6 is 0 Å². The van der Waals surface area contributed by atoms with Gasteiger partial charge < -0.3 is 14.6 Å². The molecule has 2 heterocycles. The fraction of sp³-hybridized carbons (Fsp3) is 0.714. The van der Waals surface area contributed by atoms with E-state index in [0.717, 1.165) is 26.3 Å². The Labute approximate surface area is 104 Å². The number of hydrogen-bond donors (Lipinski definition) is 1. The van der Waals surface area contributed by atoms with Crippen molar-refractivity contribution < 1.29 is 4.74 Å². The SMILES string of the molecule is CCCn1ccc(CNC(C)C2CCOC2)c1. The third-order valence-electron chi connectivity index (χ3n) is 3.59.